The summed E-state index contributed by atoms with van der Waals surface area (Å²) in [5.74, 6) is -0.747. The minimum atomic E-state index is -0.826. The second kappa shape index (κ2) is 9.38. The molecule has 28 heavy (non-hydrogen) atoms. The van der Waals surface area contributed by atoms with Gasteiger partial charge >= 0.3 is 12.2 Å². The lowest BCUT2D eigenvalue weighted by atomic mass is 10.2. The highest BCUT2D eigenvalue weighted by molar-refractivity contribution is 6.01. The van der Waals surface area contributed by atoms with E-state index in [-0.39, 0.29) is 23.8 Å². The zero-order valence-electron chi connectivity index (χ0n) is 17.3. The van der Waals surface area contributed by atoms with Gasteiger partial charge in [-0.2, -0.15) is 0 Å². The van der Waals surface area contributed by atoms with Crippen molar-refractivity contribution in [1.29, 1.82) is 0 Å². The SMILES string of the molecule is COc1cccc(CN=C(NC(=O)OC(C)(C)C)NC(=O)OC(C)(C)C)c1F. The summed E-state index contributed by atoms with van der Waals surface area (Å²) in [6, 6.07) is 4.59. The first-order chi connectivity index (χ1) is 12.8. The highest BCUT2D eigenvalue weighted by Crippen LogP contribution is 2.20. The Morgan fingerprint density at radius 2 is 1.50 bits per heavy atom. The maximum atomic E-state index is 14.3. The van der Waals surface area contributed by atoms with Crippen LogP contribution in [0.5, 0.6) is 5.75 Å². The normalized spacial score (nSPS) is 11.3. The first-order valence-electron chi connectivity index (χ1n) is 8.66. The Labute approximate surface area is 164 Å². The first-order valence-corrected chi connectivity index (χ1v) is 8.66. The van der Waals surface area contributed by atoms with Crippen LogP contribution in [0.25, 0.3) is 0 Å². The van der Waals surface area contributed by atoms with Crippen LogP contribution in [0, 0.1) is 5.82 Å². The minimum absolute atomic E-state index is 0.0643. The summed E-state index contributed by atoms with van der Waals surface area (Å²) in [5, 5.41) is 4.66. The van der Waals surface area contributed by atoms with E-state index in [0.29, 0.717) is 0 Å². The maximum Gasteiger partial charge on any atom is 0.414 e. The quantitative estimate of drug-likeness (QED) is 0.598. The highest BCUT2D eigenvalue weighted by Gasteiger charge is 2.21. The van der Waals surface area contributed by atoms with Crippen molar-refractivity contribution in [2.24, 2.45) is 4.99 Å². The molecule has 1 aromatic carbocycles. The number of carbonyl (C=O) groups is 2. The van der Waals surface area contributed by atoms with Crippen LogP contribution in [-0.2, 0) is 16.0 Å². The molecule has 0 saturated carbocycles. The highest BCUT2D eigenvalue weighted by atomic mass is 19.1. The molecule has 0 saturated heterocycles. The van der Waals surface area contributed by atoms with Gasteiger partial charge in [0.15, 0.2) is 11.6 Å². The number of alkyl carbamates (subject to hydrolysis) is 2. The molecule has 0 radical (unpaired) electrons. The Balaban J connectivity index is 3.00. The van der Waals surface area contributed by atoms with Crippen molar-refractivity contribution >= 4 is 18.1 Å². The first kappa shape index (κ1) is 23.2. The van der Waals surface area contributed by atoms with E-state index >= 15 is 0 Å². The van der Waals surface area contributed by atoms with Gasteiger partial charge in [0.25, 0.3) is 0 Å². The van der Waals surface area contributed by atoms with Crippen molar-refractivity contribution in [3.05, 3.63) is 29.6 Å². The lowest BCUT2D eigenvalue weighted by molar-refractivity contribution is 0.0545. The predicted molar refractivity (Wildman–Crippen MR) is 103 cm³/mol. The van der Waals surface area contributed by atoms with Gasteiger partial charge in [-0.3, -0.25) is 10.6 Å². The number of hydrogen-bond donors (Lipinski definition) is 2. The molecule has 0 unspecified atom stereocenters. The molecule has 0 aliphatic carbocycles. The molecule has 0 fully saturated rings. The summed E-state index contributed by atoms with van der Waals surface area (Å²) in [6.07, 6.45) is -1.65. The summed E-state index contributed by atoms with van der Waals surface area (Å²) in [6.45, 7) is 9.98. The third-order valence-electron chi connectivity index (χ3n) is 2.91. The fourth-order valence-electron chi connectivity index (χ4n) is 1.91. The largest absolute Gasteiger partial charge is 0.494 e. The number of halogens is 1. The van der Waals surface area contributed by atoms with Crippen molar-refractivity contribution in [1.82, 2.24) is 10.6 Å². The molecular formula is C19H28FN3O5. The Kier molecular flexibility index (Phi) is 7.78. The summed E-state index contributed by atoms with van der Waals surface area (Å²) in [7, 11) is 1.35. The van der Waals surface area contributed by atoms with Crippen LogP contribution in [0.4, 0.5) is 14.0 Å². The molecule has 2 amide bonds. The molecule has 156 valence electrons. The molecule has 2 N–H and O–H groups in total. The van der Waals surface area contributed by atoms with E-state index in [1.807, 2.05) is 0 Å². The number of nitrogens with zero attached hydrogens (tertiary/aromatic N) is 1. The molecule has 0 bridgehead atoms. The second-order valence-electron chi connectivity index (χ2n) is 7.85. The van der Waals surface area contributed by atoms with E-state index in [9.17, 15) is 14.0 Å². The number of aliphatic imine (C=N–C) groups is 1. The van der Waals surface area contributed by atoms with Crippen LogP contribution in [0.2, 0.25) is 0 Å². The van der Waals surface area contributed by atoms with Gasteiger partial charge in [-0.05, 0) is 47.6 Å². The molecule has 0 aromatic heterocycles. The number of guanidine groups is 1. The second-order valence-corrected chi connectivity index (χ2v) is 7.85. The van der Waals surface area contributed by atoms with Gasteiger partial charge in [0.05, 0.1) is 13.7 Å². The number of hydrogen-bond acceptors (Lipinski definition) is 6. The third kappa shape index (κ3) is 8.70. The molecule has 8 nitrogen and oxygen atoms in total. The monoisotopic (exact) mass is 397 g/mol. The minimum Gasteiger partial charge on any atom is -0.494 e. The molecule has 0 atom stereocenters. The summed E-state index contributed by atoms with van der Waals surface area (Å²) >= 11 is 0. The number of amides is 2. The lowest BCUT2D eigenvalue weighted by Gasteiger charge is -2.22. The van der Waals surface area contributed by atoms with E-state index in [1.165, 1.54) is 19.2 Å². The van der Waals surface area contributed by atoms with E-state index < -0.39 is 29.2 Å². The molecule has 1 aromatic rings. The van der Waals surface area contributed by atoms with Gasteiger partial charge in [-0.1, -0.05) is 12.1 Å². The number of benzene rings is 1. The number of ether oxygens (including phenoxy) is 3. The van der Waals surface area contributed by atoms with E-state index in [2.05, 4.69) is 15.6 Å². The van der Waals surface area contributed by atoms with Crippen molar-refractivity contribution < 1.29 is 28.2 Å². The topological polar surface area (TPSA) is 98.3 Å². The molecule has 0 aliphatic rings. The van der Waals surface area contributed by atoms with Crippen LogP contribution in [-0.4, -0.2) is 36.5 Å². The van der Waals surface area contributed by atoms with E-state index in [1.54, 1.807) is 47.6 Å². The van der Waals surface area contributed by atoms with Gasteiger partial charge < -0.3 is 14.2 Å². The standard InChI is InChI=1S/C19H28FN3O5/c1-18(2,3)27-16(24)22-15(23-17(25)28-19(4,5)6)21-11-12-9-8-10-13(26-7)14(12)20/h8-10H,11H2,1-7H3,(H2,21,22,23,24,25). The summed E-state index contributed by atoms with van der Waals surface area (Å²) in [4.78, 5) is 28.1. The van der Waals surface area contributed by atoms with Crippen LogP contribution in [0.1, 0.15) is 47.1 Å². The van der Waals surface area contributed by atoms with Crippen molar-refractivity contribution in [3.8, 4) is 5.75 Å². The van der Waals surface area contributed by atoms with Crippen LogP contribution < -0.4 is 15.4 Å². The van der Waals surface area contributed by atoms with Crippen LogP contribution in [0.15, 0.2) is 23.2 Å². The fraction of sp³-hybridized carbons (Fsp3) is 0.526. The Morgan fingerprint density at radius 1 is 1.00 bits per heavy atom. The lowest BCUT2D eigenvalue weighted by Crippen LogP contribution is -2.47. The van der Waals surface area contributed by atoms with Gasteiger partial charge in [0, 0.05) is 5.56 Å². The van der Waals surface area contributed by atoms with E-state index in [4.69, 9.17) is 14.2 Å². The zero-order valence-corrected chi connectivity index (χ0v) is 17.3. The van der Waals surface area contributed by atoms with Gasteiger partial charge in [-0.25, -0.2) is 19.0 Å². The van der Waals surface area contributed by atoms with Crippen molar-refractivity contribution in [2.45, 2.75) is 59.3 Å². The molecule has 1 rings (SSSR count). The van der Waals surface area contributed by atoms with Crippen LogP contribution >= 0.6 is 0 Å². The Hall–Kier alpha value is -2.84. The van der Waals surface area contributed by atoms with Crippen molar-refractivity contribution in [3.63, 3.8) is 0 Å². The van der Waals surface area contributed by atoms with E-state index in [0.717, 1.165) is 0 Å². The average Bonchev–Trinajstić information content (AvgIpc) is 2.49. The Morgan fingerprint density at radius 3 is 1.93 bits per heavy atom. The van der Waals surface area contributed by atoms with Crippen molar-refractivity contribution in [2.75, 3.05) is 7.11 Å². The van der Waals surface area contributed by atoms with Gasteiger partial charge in [0.1, 0.15) is 11.2 Å². The molecular weight excluding hydrogens is 369 g/mol. The average molecular weight is 397 g/mol. The van der Waals surface area contributed by atoms with Crippen LogP contribution in [0.3, 0.4) is 0 Å². The summed E-state index contributed by atoms with van der Waals surface area (Å²) in [5.41, 5.74) is -1.28. The third-order valence-corrected chi connectivity index (χ3v) is 2.91. The summed E-state index contributed by atoms with van der Waals surface area (Å²) < 4.78 is 29.5. The number of rotatable bonds is 3. The molecule has 0 aliphatic heterocycles. The molecule has 0 heterocycles. The zero-order chi connectivity index (χ0) is 21.5. The number of carbonyl (C=O) groups excluding carboxylic acids is 2. The Bertz CT molecular complexity index is 704. The predicted octanol–water partition coefficient (Wildman–Crippen LogP) is 3.74. The molecule has 0 spiro atoms. The van der Waals surface area contributed by atoms with Gasteiger partial charge in [-0.15, -0.1) is 0 Å². The number of methoxy groups -OCH3 is 1. The van der Waals surface area contributed by atoms with Gasteiger partial charge in [0.2, 0.25) is 5.96 Å². The smallest absolute Gasteiger partial charge is 0.414 e. The fourth-order valence-corrected chi connectivity index (χ4v) is 1.91. The molecule has 9 heteroatoms. The maximum absolute atomic E-state index is 14.3. The number of nitrogens with one attached hydrogen (secondary N) is 2.